The van der Waals surface area contributed by atoms with Gasteiger partial charge in [0.05, 0.1) is 17.7 Å². The van der Waals surface area contributed by atoms with E-state index < -0.39 is 6.09 Å². The molecule has 0 bridgehead atoms. The van der Waals surface area contributed by atoms with E-state index >= 15 is 0 Å². The number of carbonyl (C=O) groups excluding carboxylic acids is 1. The molecular formula is C15H15NO3S. The molecule has 2 rings (SSSR count). The van der Waals surface area contributed by atoms with Gasteiger partial charge in [-0.25, -0.2) is 4.79 Å². The van der Waals surface area contributed by atoms with Crippen molar-refractivity contribution in [2.75, 3.05) is 11.6 Å². The van der Waals surface area contributed by atoms with Crippen LogP contribution < -0.4 is 9.50 Å². The summed E-state index contributed by atoms with van der Waals surface area (Å²) < 4.78 is 10.5. The second-order valence-electron chi connectivity index (χ2n) is 3.93. The van der Waals surface area contributed by atoms with Gasteiger partial charge < -0.3 is 8.92 Å². The largest absolute Gasteiger partial charge is 0.444 e. The zero-order valence-corrected chi connectivity index (χ0v) is 11.9. The second-order valence-corrected chi connectivity index (χ2v) is 4.43. The van der Waals surface area contributed by atoms with E-state index in [0.717, 1.165) is 5.56 Å². The molecule has 20 heavy (non-hydrogen) atoms. The van der Waals surface area contributed by atoms with Gasteiger partial charge in [0.25, 0.3) is 0 Å². The van der Waals surface area contributed by atoms with Crippen LogP contribution in [0.2, 0.25) is 0 Å². The molecule has 0 aliphatic carbocycles. The summed E-state index contributed by atoms with van der Waals surface area (Å²) >= 11 is 1.21. The molecule has 0 saturated carbocycles. The third kappa shape index (κ3) is 4.20. The second kappa shape index (κ2) is 7.45. The van der Waals surface area contributed by atoms with Crippen LogP contribution in [0, 0.1) is 0 Å². The van der Waals surface area contributed by atoms with Gasteiger partial charge >= 0.3 is 6.09 Å². The number of rotatable bonds is 5. The third-order valence-corrected chi connectivity index (χ3v) is 2.86. The fourth-order valence-corrected chi connectivity index (χ4v) is 1.93. The Morgan fingerprint density at radius 1 is 1.10 bits per heavy atom. The van der Waals surface area contributed by atoms with Crippen molar-refractivity contribution >= 4 is 23.8 Å². The van der Waals surface area contributed by atoms with Crippen LogP contribution in [0.15, 0.2) is 54.6 Å². The highest BCUT2D eigenvalue weighted by molar-refractivity contribution is 7.94. The molecule has 4 nitrogen and oxygen atoms in total. The Hall–Kier alpha value is -2.14. The number of ether oxygens (including phenoxy) is 1. The Morgan fingerprint density at radius 3 is 2.55 bits per heavy atom. The summed E-state index contributed by atoms with van der Waals surface area (Å²) in [5.74, 6) is 0.594. The first kappa shape index (κ1) is 14.3. The highest BCUT2D eigenvalue weighted by Gasteiger charge is 2.08. The molecule has 0 aliphatic rings. The highest BCUT2D eigenvalue weighted by Crippen LogP contribution is 2.26. The predicted octanol–water partition coefficient (Wildman–Crippen LogP) is 4.09. The van der Waals surface area contributed by atoms with Crippen molar-refractivity contribution < 1.29 is 13.7 Å². The number of carbonyl (C=O) groups is 1. The van der Waals surface area contributed by atoms with Crippen LogP contribution >= 0.6 is 12.0 Å². The summed E-state index contributed by atoms with van der Waals surface area (Å²) in [6, 6.07) is 16.7. The molecule has 0 fully saturated rings. The van der Waals surface area contributed by atoms with E-state index in [0.29, 0.717) is 11.4 Å². The lowest BCUT2D eigenvalue weighted by Gasteiger charge is -2.10. The van der Waals surface area contributed by atoms with Crippen molar-refractivity contribution in [3.05, 3.63) is 60.2 Å². The van der Waals surface area contributed by atoms with Crippen molar-refractivity contribution in [2.24, 2.45) is 0 Å². The summed E-state index contributed by atoms with van der Waals surface area (Å²) in [6.45, 7) is 0.234. The molecule has 5 heteroatoms. The number of para-hydroxylation sites is 2. The SMILES string of the molecule is CSOc1ccccc1NC(=O)OCc1ccccc1. The molecule has 0 spiro atoms. The summed E-state index contributed by atoms with van der Waals surface area (Å²) in [4.78, 5) is 11.7. The van der Waals surface area contributed by atoms with E-state index in [2.05, 4.69) is 5.32 Å². The molecular weight excluding hydrogens is 274 g/mol. The van der Waals surface area contributed by atoms with Gasteiger partial charge in [-0.1, -0.05) is 42.5 Å². The van der Waals surface area contributed by atoms with Crippen molar-refractivity contribution in [2.45, 2.75) is 6.61 Å². The molecule has 0 aliphatic heterocycles. The van der Waals surface area contributed by atoms with Crippen molar-refractivity contribution in [1.82, 2.24) is 0 Å². The normalized spacial score (nSPS) is 9.85. The van der Waals surface area contributed by atoms with Crippen molar-refractivity contribution in [1.29, 1.82) is 0 Å². The Balaban J connectivity index is 1.91. The molecule has 2 aromatic rings. The minimum Gasteiger partial charge on any atom is -0.444 e. The van der Waals surface area contributed by atoms with E-state index in [1.54, 1.807) is 12.1 Å². The minimum absolute atomic E-state index is 0.234. The summed E-state index contributed by atoms with van der Waals surface area (Å²) in [5.41, 5.74) is 1.52. The molecule has 0 saturated heterocycles. The fourth-order valence-electron chi connectivity index (χ4n) is 1.60. The lowest BCUT2D eigenvalue weighted by atomic mass is 10.2. The average Bonchev–Trinajstić information content (AvgIpc) is 2.49. The molecule has 0 unspecified atom stereocenters. The highest BCUT2D eigenvalue weighted by atomic mass is 32.2. The Labute approximate surface area is 122 Å². The zero-order valence-electron chi connectivity index (χ0n) is 11.0. The Morgan fingerprint density at radius 2 is 1.80 bits per heavy atom. The third-order valence-electron chi connectivity index (χ3n) is 2.51. The summed E-state index contributed by atoms with van der Waals surface area (Å²) in [7, 11) is 0. The molecule has 1 N–H and O–H groups in total. The monoisotopic (exact) mass is 289 g/mol. The predicted molar refractivity (Wildman–Crippen MR) is 80.8 cm³/mol. The van der Waals surface area contributed by atoms with Gasteiger partial charge in [-0.2, -0.15) is 0 Å². The number of amides is 1. The van der Waals surface area contributed by atoms with Crippen LogP contribution in [0.25, 0.3) is 0 Å². The van der Waals surface area contributed by atoms with Gasteiger partial charge in [0.2, 0.25) is 0 Å². The molecule has 104 valence electrons. The first-order valence-corrected chi connectivity index (χ1v) is 7.22. The lowest BCUT2D eigenvalue weighted by Crippen LogP contribution is -2.13. The molecule has 0 heterocycles. The fraction of sp³-hybridized carbons (Fsp3) is 0.133. The van der Waals surface area contributed by atoms with Crippen molar-refractivity contribution in [3.8, 4) is 5.75 Å². The van der Waals surface area contributed by atoms with Crippen LogP contribution in [0.4, 0.5) is 10.5 Å². The van der Waals surface area contributed by atoms with E-state index in [-0.39, 0.29) is 6.61 Å². The summed E-state index contributed by atoms with van der Waals surface area (Å²) in [5, 5.41) is 2.67. The smallest absolute Gasteiger partial charge is 0.412 e. The number of anilines is 1. The number of hydrogen-bond acceptors (Lipinski definition) is 4. The standard InChI is InChI=1S/C15H15NO3S/c1-20-19-14-10-6-5-9-13(14)16-15(17)18-11-12-7-3-2-4-8-12/h2-10H,11H2,1H3,(H,16,17). The van der Waals surface area contributed by atoms with Crippen LogP contribution in [0.1, 0.15) is 5.56 Å². The zero-order chi connectivity index (χ0) is 14.2. The van der Waals surface area contributed by atoms with Crippen molar-refractivity contribution in [3.63, 3.8) is 0 Å². The van der Waals surface area contributed by atoms with Gasteiger partial charge in [0.15, 0.2) is 5.75 Å². The average molecular weight is 289 g/mol. The molecule has 0 atom stereocenters. The number of hydrogen-bond donors (Lipinski definition) is 1. The Bertz CT molecular complexity index is 560. The van der Waals surface area contributed by atoms with Crippen LogP contribution in [0.3, 0.4) is 0 Å². The van der Waals surface area contributed by atoms with Gasteiger partial charge in [0.1, 0.15) is 6.61 Å². The topological polar surface area (TPSA) is 47.6 Å². The van der Waals surface area contributed by atoms with Gasteiger partial charge in [-0.3, -0.25) is 5.32 Å². The maximum atomic E-state index is 11.7. The van der Waals surface area contributed by atoms with Gasteiger partial charge in [-0.05, 0) is 17.7 Å². The Kier molecular flexibility index (Phi) is 5.32. The molecule has 0 radical (unpaired) electrons. The minimum atomic E-state index is -0.508. The maximum Gasteiger partial charge on any atom is 0.412 e. The maximum absolute atomic E-state index is 11.7. The first-order chi connectivity index (χ1) is 9.79. The van der Waals surface area contributed by atoms with Crippen LogP contribution in [-0.2, 0) is 11.3 Å². The van der Waals surface area contributed by atoms with Gasteiger partial charge in [-0.15, -0.1) is 0 Å². The number of benzene rings is 2. The molecule has 2 aromatic carbocycles. The van der Waals surface area contributed by atoms with Crippen LogP contribution in [0.5, 0.6) is 5.75 Å². The van der Waals surface area contributed by atoms with E-state index in [9.17, 15) is 4.79 Å². The van der Waals surface area contributed by atoms with E-state index in [4.69, 9.17) is 8.92 Å². The van der Waals surface area contributed by atoms with E-state index in [1.165, 1.54) is 12.0 Å². The number of nitrogens with one attached hydrogen (secondary N) is 1. The van der Waals surface area contributed by atoms with E-state index in [1.807, 2.05) is 48.7 Å². The lowest BCUT2D eigenvalue weighted by molar-refractivity contribution is 0.155. The van der Waals surface area contributed by atoms with Crippen LogP contribution in [-0.4, -0.2) is 12.3 Å². The molecule has 1 amide bonds. The first-order valence-electron chi connectivity index (χ1n) is 6.07. The quantitative estimate of drug-likeness (QED) is 0.842. The van der Waals surface area contributed by atoms with Gasteiger partial charge in [0, 0.05) is 6.26 Å². The summed E-state index contributed by atoms with van der Waals surface area (Å²) in [6.07, 6.45) is 1.30. The molecule has 0 aromatic heterocycles.